The normalized spacial score (nSPS) is 10.4. The summed E-state index contributed by atoms with van der Waals surface area (Å²) in [5.41, 5.74) is 1.38. The van der Waals surface area contributed by atoms with E-state index in [-0.39, 0.29) is 17.1 Å². The summed E-state index contributed by atoms with van der Waals surface area (Å²) < 4.78 is 34.9. The third kappa shape index (κ3) is 4.46. The maximum absolute atomic E-state index is 14.3. The number of nitrogens with one attached hydrogen (secondary N) is 1. The Morgan fingerprint density at radius 2 is 1.70 bits per heavy atom. The van der Waals surface area contributed by atoms with E-state index in [1.807, 2.05) is 0 Å². The highest BCUT2D eigenvalue weighted by Crippen LogP contribution is 2.39. The van der Waals surface area contributed by atoms with Crippen LogP contribution in [-0.2, 0) is 11.8 Å². The summed E-state index contributed by atoms with van der Waals surface area (Å²) in [7, 11) is 1.63. The van der Waals surface area contributed by atoms with Gasteiger partial charge in [-0.1, -0.05) is 24.1 Å². The molecule has 0 aliphatic rings. The lowest BCUT2D eigenvalue weighted by atomic mass is 9.99. The van der Waals surface area contributed by atoms with Gasteiger partial charge in [0.15, 0.2) is 11.6 Å². The predicted octanol–water partition coefficient (Wildman–Crippen LogP) is 5.24. The Kier molecular flexibility index (Phi) is 5.92. The number of carbonyl (C=O) groups is 1. The van der Waals surface area contributed by atoms with Crippen LogP contribution in [0.2, 0.25) is 0 Å². The first-order valence-corrected chi connectivity index (χ1v) is 9.97. The van der Waals surface area contributed by atoms with Crippen molar-refractivity contribution < 1.29 is 18.3 Å². The van der Waals surface area contributed by atoms with Crippen LogP contribution in [0.25, 0.3) is 21.9 Å². The Morgan fingerprint density at radius 3 is 2.42 bits per heavy atom. The number of carbonyl (C=O) groups excluding carboxylic acids is 1. The van der Waals surface area contributed by atoms with Gasteiger partial charge in [-0.3, -0.25) is 9.59 Å². The van der Waals surface area contributed by atoms with Crippen LogP contribution in [0.15, 0.2) is 71.7 Å². The smallest absolute Gasteiger partial charge is 0.300 e. The molecular weight excluding hydrogens is 426 g/mol. The fraction of sp³-hybridized carbons (Fsp3) is 0.0769. The number of pyridine rings is 1. The Morgan fingerprint density at radius 1 is 0.970 bits per heavy atom. The van der Waals surface area contributed by atoms with Gasteiger partial charge < -0.3 is 14.6 Å². The lowest BCUT2D eigenvalue weighted by Crippen LogP contribution is -2.16. The van der Waals surface area contributed by atoms with E-state index in [1.165, 1.54) is 10.6 Å². The number of aryl methyl sites for hydroxylation is 1. The van der Waals surface area contributed by atoms with Crippen molar-refractivity contribution in [3.8, 4) is 34.5 Å². The summed E-state index contributed by atoms with van der Waals surface area (Å²) in [5.74, 6) is 2.95. The van der Waals surface area contributed by atoms with E-state index in [1.54, 1.807) is 62.6 Å². The first kappa shape index (κ1) is 21.8. The van der Waals surface area contributed by atoms with Crippen LogP contribution in [0.3, 0.4) is 0 Å². The second-order valence-electron chi connectivity index (χ2n) is 7.22. The minimum atomic E-state index is -0.859. The van der Waals surface area contributed by atoms with Crippen LogP contribution in [0, 0.1) is 23.5 Å². The summed E-state index contributed by atoms with van der Waals surface area (Å²) in [4.78, 5) is 24.6. The molecule has 1 amide bonds. The van der Waals surface area contributed by atoms with Gasteiger partial charge in [-0.25, -0.2) is 8.78 Å². The number of aromatic nitrogens is 1. The molecule has 7 heteroatoms. The number of fused-ring (bicyclic) bond motifs is 1. The van der Waals surface area contributed by atoms with E-state index < -0.39 is 17.5 Å². The van der Waals surface area contributed by atoms with E-state index >= 15 is 0 Å². The molecule has 164 valence electrons. The molecule has 5 nitrogen and oxygen atoms in total. The van der Waals surface area contributed by atoms with Crippen molar-refractivity contribution >= 4 is 22.4 Å². The highest BCUT2D eigenvalue weighted by molar-refractivity contribution is 6.05. The molecule has 1 N–H and O–H groups in total. The topological polar surface area (TPSA) is 60.3 Å². The third-order valence-corrected chi connectivity index (χ3v) is 4.97. The molecule has 0 spiro atoms. The van der Waals surface area contributed by atoms with Crippen molar-refractivity contribution in [2.45, 2.75) is 6.92 Å². The molecule has 0 bridgehead atoms. The molecule has 3 aromatic carbocycles. The van der Waals surface area contributed by atoms with Gasteiger partial charge in [-0.15, -0.1) is 0 Å². The zero-order valence-corrected chi connectivity index (χ0v) is 17.8. The van der Waals surface area contributed by atoms with Crippen molar-refractivity contribution in [2.24, 2.45) is 7.05 Å². The summed E-state index contributed by atoms with van der Waals surface area (Å²) >= 11 is 0. The molecule has 1 heterocycles. The minimum absolute atomic E-state index is 0.166. The van der Waals surface area contributed by atoms with Gasteiger partial charge in [0.1, 0.15) is 11.6 Å². The Balaban J connectivity index is 1.93. The van der Waals surface area contributed by atoms with Gasteiger partial charge in [0.2, 0.25) is 0 Å². The number of ether oxygens (including phenoxy) is 1. The summed E-state index contributed by atoms with van der Waals surface area (Å²) in [6, 6.07) is 14.9. The highest BCUT2D eigenvalue weighted by atomic mass is 19.1. The molecule has 0 atom stereocenters. The largest absolute Gasteiger partial charge is 0.454 e. The quantitative estimate of drug-likeness (QED) is 0.438. The maximum Gasteiger partial charge on any atom is 0.300 e. The van der Waals surface area contributed by atoms with Crippen molar-refractivity contribution in [3.63, 3.8) is 0 Å². The van der Waals surface area contributed by atoms with Gasteiger partial charge >= 0.3 is 0 Å². The summed E-state index contributed by atoms with van der Waals surface area (Å²) in [6.45, 7) is 1.55. The Hall–Kier alpha value is -4.44. The van der Waals surface area contributed by atoms with E-state index in [0.717, 1.165) is 12.1 Å². The molecule has 0 unspecified atom stereocenters. The van der Waals surface area contributed by atoms with Crippen LogP contribution in [0.4, 0.5) is 14.5 Å². The first-order valence-electron chi connectivity index (χ1n) is 9.97. The number of hydrogen-bond acceptors (Lipinski definition) is 3. The third-order valence-electron chi connectivity index (χ3n) is 4.97. The van der Waals surface area contributed by atoms with Crippen molar-refractivity contribution in [1.82, 2.24) is 4.57 Å². The molecule has 0 radical (unpaired) electrons. The zero-order chi connectivity index (χ0) is 23.5. The molecule has 4 rings (SSSR count). The number of hydrogen-bond donors (Lipinski definition) is 1. The number of amides is 1. The number of rotatable bonds is 4. The lowest BCUT2D eigenvalue weighted by molar-refractivity contribution is -0.111. The molecule has 0 saturated carbocycles. The molecule has 0 aliphatic heterocycles. The second-order valence-corrected chi connectivity index (χ2v) is 7.22. The number of halogens is 2. The molecular formula is C26H18F2N2O3. The number of anilines is 1. The van der Waals surface area contributed by atoms with E-state index in [2.05, 4.69) is 17.2 Å². The van der Waals surface area contributed by atoms with Crippen LogP contribution in [-0.4, -0.2) is 10.5 Å². The van der Waals surface area contributed by atoms with Gasteiger partial charge in [0.05, 0.1) is 0 Å². The van der Waals surface area contributed by atoms with Gasteiger partial charge in [0, 0.05) is 41.5 Å². The first-order chi connectivity index (χ1) is 15.9. The summed E-state index contributed by atoms with van der Waals surface area (Å²) in [6.07, 6.45) is 1.64. The monoisotopic (exact) mass is 444 g/mol. The van der Waals surface area contributed by atoms with Gasteiger partial charge in [-0.2, -0.15) is 0 Å². The van der Waals surface area contributed by atoms with Crippen molar-refractivity contribution in [2.75, 3.05) is 5.32 Å². The van der Waals surface area contributed by atoms with Gasteiger partial charge in [-0.05, 0) is 54.6 Å². The van der Waals surface area contributed by atoms with Gasteiger partial charge in [0.25, 0.3) is 11.5 Å². The van der Waals surface area contributed by atoms with E-state index in [4.69, 9.17) is 4.74 Å². The van der Waals surface area contributed by atoms with Crippen molar-refractivity contribution in [3.05, 3.63) is 88.8 Å². The highest BCUT2D eigenvalue weighted by Gasteiger charge is 2.16. The average Bonchev–Trinajstić information content (AvgIpc) is 2.79. The molecule has 0 aliphatic carbocycles. The fourth-order valence-corrected chi connectivity index (χ4v) is 3.49. The molecule has 0 saturated heterocycles. The molecule has 33 heavy (non-hydrogen) atoms. The predicted molar refractivity (Wildman–Crippen MR) is 123 cm³/mol. The molecule has 0 fully saturated rings. The number of nitrogens with zero attached hydrogens (tertiary/aromatic N) is 1. The lowest BCUT2D eigenvalue weighted by Gasteiger charge is -2.16. The van der Waals surface area contributed by atoms with Crippen LogP contribution in [0.1, 0.15) is 6.92 Å². The average molecular weight is 444 g/mol. The minimum Gasteiger partial charge on any atom is -0.454 e. The Bertz CT molecular complexity index is 1510. The molecule has 4 aromatic rings. The van der Waals surface area contributed by atoms with E-state index in [9.17, 15) is 18.4 Å². The second kappa shape index (κ2) is 8.97. The van der Waals surface area contributed by atoms with Crippen LogP contribution >= 0.6 is 0 Å². The van der Waals surface area contributed by atoms with E-state index in [0.29, 0.717) is 27.6 Å². The molecule has 1 aromatic heterocycles. The zero-order valence-electron chi connectivity index (χ0n) is 17.8. The SMILES string of the molecule is CC#CC(=O)Nc1ccc(Oc2ccc(F)cc2F)c(-c2cn(C)c(=O)c3ccccc23)c1. The van der Waals surface area contributed by atoms with Crippen LogP contribution < -0.4 is 15.6 Å². The maximum atomic E-state index is 14.3. The van der Waals surface area contributed by atoms with Crippen LogP contribution in [0.5, 0.6) is 11.5 Å². The summed E-state index contributed by atoms with van der Waals surface area (Å²) in [5, 5.41) is 3.82. The standard InChI is InChI=1S/C26H18F2N2O3/c1-3-6-25(31)29-17-10-12-23(33-24-11-9-16(27)13-22(24)28)20(14-17)21-15-30(2)26(32)19-8-5-4-7-18(19)21/h4-5,7-15H,1-2H3,(H,29,31). The number of benzene rings is 3. The Labute approximate surface area is 188 Å². The van der Waals surface area contributed by atoms with Crippen molar-refractivity contribution in [1.29, 1.82) is 0 Å². The fourth-order valence-electron chi connectivity index (χ4n) is 3.49.